The Bertz CT molecular complexity index is 464. The highest BCUT2D eigenvalue weighted by atomic mass is 15.3. The van der Waals surface area contributed by atoms with Crippen molar-refractivity contribution in [2.24, 2.45) is 0 Å². The lowest BCUT2D eigenvalue weighted by molar-refractivity contribution is 0.890. The summed E-state index contributed by atoms with van der Waals surface area (Å²) < 4.78 is 1.35. The highest BCUT2D eigenvalue weighted by Gasteiger charge is 2.05. The fourth-order valence-electron chi connectivity index (χ4n) is 0.911. The maximum absolute atomic E-state index is 8.60. The molecule has 0 radical (unpaired) electrons. The summed E-state index contributed by atoms with van der Waals surface area (Å²) in [6.45, 7) is 0. The van der Waals surface area contributed by atoms with Gasteiger partial charge >= 0.3 is 0 Å². The second-order valence-electron chi connectivity index (χ2n) is 2.14. The van der Waals surface area contributed by atoms with Crippen molar-refractivity contribution in [3.8, 4) is 6.07 Å². The molecule has 2 heterocycles. The van der Waals surface area contributed by atoms with E-state index >= 15 is 0 Å². The first-order valence-corrected chi connectivity index (χ1v) is 3.17. The summed E-state index contributed by atoms with van der Waals surface area (Å²) in [6.07, 6.45) is 2.69. The van der Waals surface area contributed by atoms with E-state index in [-0.39, 0.29) is 5.82 Å². The Kier molecular flexibility index (Phi) is 1.18. The van der Waals surface area contributed by atoms with E-state index in [4.69, 9.17) is 11.0 Å². The lowest BCUT2D eigenvalue weighted by atomic mass is 10.5. The molecule has 0 aliphatic rings. The summed E-state index contributed by atoms with van der Waals surface area (Å²) in [5, 5.41) is 12.4. The number of aromatic nitrogens is 4. The van der Waals surface area contributed by atoms with Crippen molar-refractivity contribution in [1.82, 2.24) is 19.6 Å². The zero-order chi connectivity index (χ0) is 8.55. The average molecular weight is 160 g/mol. The molecular weight excluding hydrogens is 156 g/mol. The van der Waals surface area contributed by atoms with Crippen LogP contribution in [0, 0.1) is 11.3 Å². The van der Waals surface area contributed by atoms with Crippen molar-refractivity contribution < 1.29 is 0 Å². The summed E-state index contributed by atoms with van der Waals surface area (Å²) in [5.74, 6) is 0.270. The smallest absolute Gasteiger partial charge is 0.197 e. The minimum atomic E-state index is 0.270. The Balaban J connectivity index is 2.91. The van der Waals surface area contributed by atoms with Gasteiger partial charge in [0.25, 0.3) is 0 Å². The molecule has 12 heavy (non-hydrogen) atoms. The molecule has 2 aromatic heterocycles. The van der Waals surface area contributed by atoms with Crippen molar-refractivity contribution >= 4 is 11.5 Å². The number of hydrogen-bond acceptors (Lipinski definition) is 5. The first-order valence-electron chi connectivity index (χ1n) is 3.17. The third-order valence-corrected chi connectivity index (χ3v) is 1.45. The lowest BCUT2D eigenvalue weighted by Crippen LogP contribution is -2.00. The normalized spacial score (nSPS) is 9.92. The highest BCUT2D eigenvalue weighted by Crippen LogP contribution is 2.07. The van der Waals surface area contributed by atoms with Gasteiger partial charge in [0.15, 0.2) is 17.2 Å². The largest absolute Gasteiger partial charge is 0.381 e. The van der Waals surface area contributed by atoms with Crippen molar-refractivity contribution in [2.75, 3.05) is 5.73 Å². The predicted octanol–water partition coefficient (Wildman–Crippen LogP) is -0.422. The number of anilines is 1. The quantitative estimate of drug-likeness (QED) is 0.564. The van der Waals surface area contributed by atoms with Crippen LogP contribution in [-0.4, -0.2) is 19.6 Å². The van der Waals surface area contributed by atoms with Crippen molar-refractivity contribution in [2.45, 2.75) is 0 Å². The average Bonchev–Trinajstić information content (AvgIpc) is 2.49. The van der Waals surface area contributed by atoms with E-state index in [9.17, 15) is 0 Å². The molecule has 58 valence electrons. The molecule has 2 rings (SSSR count). The van der Waals surface area contributed by atoms with Crippen LogP contribution in [0.5, 0.6) is 0 Å². The van der Waals surface area contributed by atoms with Crippen LogP contribution in [0.3, 0.4) is 0 Å². The van der Waals surface area contributed by atoms with E-state index < -0.39 is 0 Å². The van der Waals surface area contributed by atoms with Crippen molar-refractivity contribution in [3.63, 3.8) is 0 Å². The van der Waals surface area contributed by atoms with E-state index in [2.05, 4.69) is 15.1 Å². The number of nitriles is 1. The van der Waals surface area contributed by atoms with Gasteiger partial charge in [-0.25, -0.2) is 9.97 Å². The topological polar surface area (TPSA) is 92.9 Å². The maximum Gasteiger partial charge on any atom is 0.197 e. The third kappa shape index (κ3) is 0.703. The number of nitrogens with two attached hydrogens (primary N) is 1. The molecule has 0 unspecified atom stereocenters. The third-order valence-electron chi connectivity index (χ3n) is 1.45. The lowest BCUT2D eigenvalue weighted by Gasteiger charge is -1.93. The number of rotatable bonds is 0. The number of nitrogen functional groups attached to an aromatic ring is 1. The first-order chi connectivity index (χ1) is 5.83. The van der Waals surface area contributed by atoms with Crippen molar-refractivity contribution in [3.05, 3.63) is 18.2 Å². The summed E-state index contributed by atoms with van der Waals surface area (Å²) in [5.41, 5.74) is 6.24. The Morgan fingerprint density at radius 2 is 2.33 bits per heavy atom. The fraction of sp³-hybridized carbons (Fsp3) is 0. The highest BCUT2D eigenvalue weighted by molar-refractivity contribution is 5.59. The molecule has 0 saturated carbocycles. The summed E-state index contributed by atoms with van der Waals surface area (Å²) in [6, 6.07) is 1.93. The van der Waals surface area contributed by atoms with Crippen LogP contribution in [-0.2, 0) is 0 Å². The number of nitrogens with zero attached hydrogens (tertiary/aromatic N) is 5. The second kappa shape index (κ2) is 2.17. The molecule has 0 bridgehead atoms. The van der Waals surface area contributed by atoms with E-state index in [0.29, 0.717) is 11.3 Å². The fourth-order valence-corrected chi connectivity index (χ4v) is 0.911. The Morgan fingerprint density at radius 1 is 1.50 bits per heavy atom. The van der Waals surface area contributed by atoms with Crippen LogP contribution in [0.25, 0.3) is 5.65 Å². The Labute approximate surface area is 67.3 Å². The molecule has 6 heteroatoms. The van der Waals surface area contributed by atoms with Gasteiger partial charge in [0.1, 0.15) is 12.4 Å². The van der Waals surface area contributed by atoms with Crippen LogP contribution >= 0.6 is 0 Å². The summed E-state index contributed by atoms with van der Waals surface area (Å²) >= 11 is 0. The van der Waals surface area contributed by atoms with Gasteiger partial charge < -0.3 is 5.73 Å². The van der Waals surface area contributed by atoms with E-state index in [1.165, 1.54) is 17.0 Å². The molecule has 0 aromatic carbocycles. The van der Waals surface area contributed by atoms with Gasteiger partial charge in [-0.15, -0.1) is 0 Å². The van der Waals surface area contributed by atoms with Crippen LogP contribution in [0.1, 0.15) is 5.69 Å². The molecular formula is C6H4N6. The Morgan fingerprint density at radius 3 is 3.08 bits per heavy atom. The molecule has 2 N–H and O–H groups in total. The predicted molar refractivity (Wildman–Crippen MR) is 39.9 cm³/mol. The first kappa shape index (κ1) is 6.54. The Hall–Kier alpha value is -2.16. The number of hydrogen-bond donors (Lipinski definition) is 1. The standard InChI is InChI=1S/C6H4N6/c7-1-4-2-9-6-5(8)10-3-11-12(4)6/h2-3H,(H2,8,10,11). The SMILES string of the molecule is N#Cc1cnc2c(N)ncnn12. The molecule has 0 amide bonds. The van der Waals surface area contributed by atoms with E-state index in [1.807, 2.05) is 6.07 Å². The number of fused-ring (bicyclic) bond motifs is 1. The number of imidazole rings is 1. The molecule has 2 aromatic rings. The van der Waals surface area contributed by atoms with E-state index in [1.54, 1.807) is 0 Å². The van der Waals surface area contributed by atoms with E-state index in [0.717, 1.165) is 0 Å². The van der Waals surface area contributed by atoms with Gasteiger partial charge in [0.2, 0.25) is 0 Å². The minimum Gasteiger partial charge on any atom is -0.381 e. The van der Waals surface area contributed by atoms with Gasteiger partial charge in [0.05, 0.1) is 6.20 Å². The van der Waals surface area contributed by atoms with Gasteiger partial charge in [-0.2, -0.15) is 14.9 Å². The van der Waals surface area contributed by atoms with Gasteiger partial charge in [-0.3, -0.25) is 0 Å². The second-order valence-corrected chi connectivity index (χ2v) is 2.14. The van der Waals surface area contributed by atoms with Gasteiger partial charge in [0, 0.05) is 0 Å². The molecule has 0 aliphatic heterocycles. The molecule has 0 aliphatic carbocycles. The van der Waals surface area contributed by atoms with Crippen LogP contribution in [0.4, 0.5) is 5.82 Å². The van der Waals surface area contributed by atoms with Crippen molar-refractivity contribution in [1.29, 1.82) is 5.26 Å². The summed E-state index contributed by atoms with van der Waals surface area (Å²) in [7, 11) is 0. The molecule has 0 spiro atoms. The zero-order valence-electron chi connectivity index (χ0n) is 5.97. The van der Waals surface area contributed by atoms with Gasteiger partial charge in [-0.1, -0.05) is 0 Å². The minimum absolute atomic E-state index is 0.270. The zero-order valence-corrected chi connectivity index (χ0v) is 5.97. The maximum atomic E-state index is 8.60. The molecule has 0 saturated heterocycles. The van der Waals surface area contributed by atoms with Gasteiger partial charge in [-0.05, 0) is 0 Å². The monoisotopic (exact) mass is 160 g/mol. The van der Waals surface area contributed by atoms with Crippen LogP contribution in [0.2, 0.25) is 0 Å². The molecule has 0 atom stereocenters. The molecule has 0 fully saturated rings. The molecule has 6 nitrogen and oxygen atoms in total. The summed E-state index contributed by atoms with van der Waals surface area (Å²) in [4.78, 5) is 7.61. The van der Waals surface area contributed by atoms with Crippen LogP contribution in [0.15, 0.2) is 12.5 Å². The van der Waals surface area contributed by atoms with Crippen LogP contribution < -0.4 is 5.73 Å².